The standard InChI is InChI=1S/C16H24N2O/c1-11(9-12(2)19)17-10-16-13(3)14-7-5-6-8-15(14)18(16)4/h5-8,11-12,17,19H,9-10H2,1-4H3. The molecule has 0 saturated heterocycles. The monoisotopic (exact) mass is 260 g/mol. The minimum Gasteiger partial charge on any atom is -0.393 e. The van der Waals surface area contributed by atoms with E-state index in [1.165, 1.54) is 22.2 Å². The van der Waals surface area contributed by atoms with Crippen molar-refractivity contribution in [1.29, 1.82) is 0 Å². The molecular formula is C16H24N2O. The Morgan fingerprint density at radius 2 is 1.95 bits per heavy atom. The van der Waals surface area contributed by atoms with Gasteiger partial charge in [-0.15, -0.1) is 0 Å². The number of aryl methyl sites for hydroxylation is 2. The molecule has 3 heteroatoms. The van der Waals surface area contributed by atoms with Gasteiger partial charge in [0.15, 0.2) is 0 Å². The highest BCUT2D eigenvalue weighted by Gasteiger charge is 2.12. The van der Waals surface area contributed by atoms with Gasteiger partial charge >= 0.3 is 0 Å². The number of rotatable bonds is 5. The lowest BCUT2D eigenvalue weighted by molar-refractivity contribution is 0.170. The van der Waals surface area contributed by atoms with Gasteiger partial charge in [-0.25, -0.2) is 0 Å². The SMILES string of the molecule is Cc1c(CNC(C)CC(C)O)n(C)c2ccccc12. The second-order valence-corrected chi connectivity index (χ2v) is 5.51. The fraction of sp³-hybridized carbons (Fsp3) is 0.500. The number of aliphatic hydroxyl groups excluding tert-OH is 1. The maximum absolute atomic E-state index is 9.40. The van der Waals surface area contributed by atoms with Crippen molar-refractivity contribution >= 4 is 10.9 Å². The summed E-state index contributed by atoms with van der Waals surface area (Å²) in [4.78, 5) is 0. The summed E-state index contributed by atoms with van der Waals surface area (Å²) in [5.41, 5.74) is 3.94. The molecule has 0 amide bonds. The summed E-state index contributed by atoms with van der Waals surface area (Å²) in [6.07, 6.45) is 0.527. The van der Waals surface area contributed by atoms with Crippen LogP contribution in [0.4, 0.5) is 0 Å². The van der Waals surface area contributed by atoms with E-state index in [1.54, 1.807) is 0 Å². The molecule has 2 N–H and O–H groups in total. The van der Waals surface area contributed by atoms with Crippen molar-refractivity contribution in [2.75, 3.05) is 0 Å². The molecular weight excluding hydrogens is 236 g/mol. The number of aromatic nitrogens is 1. The molecule has 0 bridgehead atoms. The first kappa shape index (κ1) is 14.1. The minimum absolute atomic E-state index is 0.254. The van der Waals surface area contributed by atoms with Gasteiger partial charge in [0.25, 0.3) is 0 Å². The molecule has 3 nitrogen and oxygen atoms in total. The number of aliphatic hydroxyl groups is 1. The largest absolute Gasteiger partial charge is 0.393 e. The molecule has 0 spiro atoms. The zero-order chi connectivity index (χ0) is 14.0. The number of hydrogen-bond donors (Lipinski definition) is 2. The molecule has 1 heterocycles. The number of hydrogen-bond acceptors (Lipinski definition) is 2. The van der Waals surface area contributed by atoms with Crippen LogP contribution in [-0.4, -0.2) is 21.8 Å². The Hall–Kier alpha value is -1.32. The molecule has 0 radical (unpaired) electrons. The van der Waals surface area contributed by atoms with Crippen molar-refractivity contribution in [3.63, 3.8) is 0 Å². The topological polar surface area (TPSA) is 37.2 Å². The van der Waals surface area contributed by atoms with Gasteiger partial charge in [-0.3, -0.25) is 0 Å². The second-order valence-electron chi connectivity index (χ2n) is 5.51. The Morgan fingerprint density at radius 3 is 2.58 bits per heavy atom. The Labute approximate surface area is 115 Å². The van der Waals surface area contributed by atoms with Crippen LogP contribution in [0.25, 0.3) is 10.9 Å². The summed E-state index contributed by atoms with van der Waals surface area (Å²) in [6.45, 7) is 6.97. The molecule has 0 aliphatic heterocycles. The number of para-hydroxylation sites is 1. The van der Waals surface area contributed by atoms with Crippen molar-refractivity contribution in [3.05, 3.63) is 35.5 Å². The van der Waals surface area contributed by atoms with Crippen LogP contribution in [0, 0.1) is 6.92 Å². The number of fused-ring (bicyclic) bond motifs is 1. The lowest BCUT2D eigenvalue weighted by atomic mass is 10.1. The third-order valence-corrected chi connectivity index (χ3v) is 3.82. The highest BCUT2D eigenvalue weighted by Crippen LogP contribution is 2.24. The number of benzene rings is 1. The highest BCUT2D eigenvalue weighted by atomic mass is 16.3. The third-order valence-electron chi connectivity index (χ3n) is 3.82. The fourth-order valence-electron chi connectivity index (χ4n) is 2.75. The van der Waals surface area contributed by atoms with E-state index in [2.05, 4.69) is 55.0 Å². The maximum Gasteiger partial charge on any atom is 0.0526 e. The summed E-state index contributed by atoms with van der Waals surface area (Å²) in [5, 5.41) is 14.2. The molecule has 0 aliphatic rings. The molecule has 2 atom stereocenters. The second kappa shape index (κ2) is 5.76. The van der Waals surface area contributed by atoms with E-state index in [0.29, 0.717) is 6.04 Å². The van der Waals surface area contributed by atoms with Gasteiger partial charge in [0.2, 0.25) is 0 Å². The van der Waals surface area contributed by atoms with Crippen LogP contribution in [0.1, 0.15) is 31.5 Å². The quantitative estimate of drug-likeness (QED) is 0.867. The first-order valence-corrected chi connectivity index (χ1v) is 6.95. The van der Waals surface area contributed by atoms with Gasteiger partial charge in [-0.1, -0.05) is 18.2 Å². The van der Waals surface area contributed by atoms with E-state index < -0.39 is 0 Å². The number of nitrogens with one attached hydrogen (secondary N) is 1. The number of nitrogens with zero attached hydrogens (tertiary/aromatic N) is 1. The van der Waals surface area contributed by atoms with Crippen molar-refractivity contribution in [2.45, 2.75) is 45.9 Å². The lowest BCUT2D eigenvalue weighted by Gasteiger charge is -2.16. The first-order chi connectivity index (χ1) is 9.00. The molecule has 0 aliphatic carbocycles. The van der Waals surface area contributed by atoms with Crippen LogP contribution < -0.4 is 5.32 Å². The van der Waals surface area contributed by atoms with Crippen LogP contribution in [-0.2, 0) is 13.6 Å². The molecule has 0 fully saturated rings. The fourth-order valence-corrected chi connectivity index (χ4v) is 2.75. The highest BCUT2D eigenvalue weighted by molar-refractivity contribution is 5.85. The summed E-state index contributed by atoms with van der Waals surface area (Å²) in [5.74, 6) is 0. The van der Waals surface area contributed by atoms with Crippen molar-refractivity contribution in [1.82, 2.24) is 9.88 Å². The summed E-state index contributed by atoms with van der Waals surface area (Å²) in [7, 11) is 2.12. The van der Waals surface area contributed by atoms with Gasteiger partial charge in [0.05, 0.1) is 6.10 Å². The van der Waals surface area contributed by atoms with E-state index in [4.69, 9.17) is 0 Å². The van der Waals surface area contributed by atoms with Crippen LogP contribution >= 0.6 is 0 Å². The molecule has 2 rings (SSSR count). The van der Waals surface area contributed by atoms with Gasteiger partial charge < -0.3 is 15.0 Å². The molecule has 0 saturated carbocycles. The summed E-state index contributed by atoms with van der Waals surface area (Å²) < 4.78 is 2.26. The van der Waals surface area contributed by atoms with Gasteiger partial charge in [-0.05, 0) is 38.8 Å². The average Bonchev–Trinajstić information content (AvgIpc) is 2.60. The average molecular weight is 260 g/mol. The van der Waals surface area contributed by atoms with Crippen molar-refractivity contribution in [3.8, 4) is 0 Å². The van der Waals surface area contributed by atoms with Gasteiger partial charge in [0.1, 0.15) is 0 Å². The molecule has 2 unspecified atom stereocenters. The van der Waals surface area contributed by atoms with Crippen molar-refractivity contribution < 1.29 is 5.11 Å². The van der Waals surface area contributed by atoms with Crippen LogP contribution in [0.15, 0.2) is 24.3 Å². The Bertz CT molecular complexity index is 518. The Kier molecular flexibility index (Phi) is 4.27. The minimum atomic E-state index is -0.254. The molecule has 1 aromatic carbocycles. The zero-order valence-corrected chi connectivity index (χ0v) is 12.3. The van der Waals surface area contributed by atoms with Gasteiger partial charge in [-0.2, -0.15) is 0 Å². The lowest BCUT2D eigenvalue weighted by Crippen LogP contribution is -2.29. The Balaban J connectivity index is 2.17. The van der Waals surface area contributed by atoms with Crippen LogP contribution in [0.2, 0.25) is 0 Å². The van der Waals surface area contributed by atoms with Gasteiger partial charge in [0, 0.05) is 36.2 Å². The van der Waals surface area contributed by atoms with E-state index in [9.17, 15) is 5.11 Å². The predicted molar refractivity (Wildman–Crippen MR) is 80.3 cm³/mol. The molecule has 19 heavy (non-hydrogen) atoms. The van der Waals surface area contributed by atoms with Crippen LogP contribution in [0.3, 0.4) is 0 Å². The predicted octanol–water partition coefficient (Wildman–Crippen LogP) is 2.74. The van der Waals surface area contributed by atoms with E-state index in [0.717, 1.165) is 13.0 Å². The Morgan fingerprint density at radius 1 is 1.26 bits per heavy atom. The smallest absolute Gasteiger partial charge is 0.0526 e. The van der Waals surface area contributed by atoms with E-state index in [1.807, 2.05) is 6.92 Å². The van der Waals surface area contributed by atoms with E-state index >= 15 is 0 Å². The normalized spacial score (nSPS) is 14.8. The molecule has 104 valence electrons. The summed E-state index contributed by atoms with van der Waals surface area (Å²) >= 11 is 0. The zero-order valence-electron chi connectivity index (χ0n) is 12.3. The molecule has 1 aromatic heterocycles. The maximum atomic E-state index is 9.40. The molecule has 2 aromatic rings. The summed E-state index contributed by atoms with van der Waals surface area (Å²) in [6, 6.07) is 8.81. The third kappa shape index (κ3) is 2.99. The van der Waals surface area contributed by atoms with Crippen LogP contribution in [0.5, 0.6) is 0 Å². The van der Waals surface area contributed by atoms with Crippen molar-refractivity contribution in [2.24, 2.45) is 7.05 Å². The van der Waals surface area contributed by atoms with E-state index in [-0.39, 0.29) is 6.10 Å². The first-order valence-electron chi connectivity index (χ1n) is 6.95.